The molecule has 0 heterocycles. The second-order valence-electron chi connectivity index (χ2n) is 9.97. The second-order valence-corrected chi connectivity index (χ2v) is 9.97. The van der Waals surface area contributed by atoms with Crippen molar-refractivity contribution in [3.63, 3.8) is 0 Å². The van der Waals surface area contributed by atoms with Gasteiger partial charge in [0, 0.05) is 18.3 Å². The number of fused-ring (bicyclic) bond motifs is 5. The van der Waals surface area contributed by atoms with Crippen LogP contribution in [0, 0.1) is 34.5 Å². The molecule has 8 atom stereocenters. The molecule has 4 saturated carbocycles. The Balaban J connectivity index is 1.67. The van der Waals surface area contributed by atoms with Gasteiger partial charge in [-0.1, -0.05) is 27.2 Å². The van der Waals surface area contributed by atoms with Gasteiger partial charge in [0.15, 0.2) is 0 Å². The predicted octanol–water partition coefficient (Wildman–Crippen LogP) is 3.71. The average molecular weight is 335 g/mol. The second kappa shape index (κ2) is 5.30. The maximum atomic E-state index is 12.0. The zero-order chi connectivity index (χ0) is 17.3. The van der Waals surface area contributed by atoms with Gasteiger partial charge in [-0.25, -0.2) is 0 Å². The van der Waals surface area contributed by atoms with Crippen molar-refractivity contribution in [2.24, 2.45) is 34.5 Å². The molecule has 3 unspecified atom stereocenters. The fourth-order valence-electron chi connectivity index (χ4n) is 7.58. The minimum absolute atomic E-state index is 0.0676. The lowest BCUT2D eigenvalue weighted by Gasteiger charge is -2.62. The van der Waals surface area contributed by atoms with Gasteiger partial charge >= 0.3 is 0 Å². The fourth-order valence-corrected chi connectivity index (χ4v) is 7.58. The van der Waals surface area contributed by atoms with E-state index < -0.39 is 5.60 Å². The van der Waals surface area contributed by atoms with Crippen LogP contribution in [0.3, 0.4) is 0 Å². The molecule has 0 radical (unpaired) electrons. The summed E-state index contributed by atoms with van der Waals surface area (Å²) in [6.07, 6.45) is 7.93. The molecule has 0 bridgehead atoms. The van der Waals surface area contributed by atoms with Crippen molar-refractivity contribution in [1.29, 1.82) is 0 Å². The van der Waals surface area contributed by atoms with Crippen LogP contribution in [-0.4, -0.2) is 27.7 Å². The Bertz CT molecular complexity index is 545. The first-order valence-corrected chi connectivity index (χ1v) is 10.2. The van der Waals surface area contributed by atoms with Crippen LogP contribution in [0.15, 0.2) is 0 Å². The summed E-state index contributed by atoms with van der Waals surface area (Å²) in [5.41, 5.74) is -0.822. The topological polar surface area (TPSA) is 57.5 Å². The van der Waals surface area contributed by atoms with Crippen LogP contribution in [0.1, 0.15) is 78.6 Å². The lowest BCUT2D eigenvalue weighted by atomic mass is 9.43. The normalized spacial score (nSPS) is 57.2. The molecule has 136 valence electrons. The van der Waals surface area contributed by atoms with Crippen molar-refractivity contribution in [3.05, 3.63) is 0 Å². The van der Waals surface area contributed by atoms with Crippen LogP contribution >= 0.6 is 0 Å². The van der Waals surface area contributed by atoms with E-state index in [4.69, 9.17) is 0 Å². The minimum Gasteiger partial charge on any atom is -0.392 e. The van der Waals surface area contributed by atoms with Crippen molar-refractivity contribution in [2.75, 3.05) is 0 Å². The van der Waals surface area contributed by atoms with Gasteiger partial charge in [-0.3, -0.25) is 4.79 Å². The summed E-state index contributed by atoms with van der Waals surface area (Å²) >= 11 is 0. The maximum absolute atomic E-state index is 12.0. The maximum Gasteiger partial charge on any atom is 0.135 e. The van der Waals surface area contributed by atoms with Crippen molar-refractivity contribution < 1.29 is 15.0 Å². The number of carbonyl (C=O) groups is 1. The number of aliphatic hydroxyl groups excluding tert-OH is 1. The van der Waals surface area contributed by atoms with Gasteiger partial charge in [0.2, 0.25) is 0 Å². The quantitative estimate of drug-likeness (QED) is 0.768. The van der Waals surface area contributed by atoms with Gasteiger partial charge < -0.3 is 10.2 Å². The van der Waals surface area contributed by atoms with E-state index in [1.54, 1.807) is 0 Å². The molecule has 3 heteroatoms. The Morgan fingerprint density at radius 3 is 2.58 bits per heavy atom. The van der Waals surface area contributed by atoms with Crippen LogP contribution in [0.2, 0.25) is 0 Å². The van der Waals surface area contributed by atoms with Crippen LogP contribution in [-0.2, 0) is 4.79 Å². The molecule has 4 rings (SSSR count). The van der Waals surface area contributed by atoms with E-state index in [2.05, 4.69) is 20.8 Å². The Morgan fingerprint density at radius 1 is 1.12 bits per heavy atom. The molecule has 0 aliphatic heterocycles. The van der Waals surface area contributed by atoms with Crippen molar-refractivity contribution in [1.82, 2.24) is 0 Å². The standard InChI is InChI=1S/C21H34O3/c1-4-13-11-17-15-6-10-21(24)12-14(22)5-9-20(21,3)16(15)7-8-19(17,2)18(13)23/h13,15-18,23-24H,4-12H2,1-3H3/t13?,15-,16-,17+,18?,19+,20-,21?/m1/s1. The van der Waals surface area contributed by atoms with E-state index in [9.17, 15) is 15.0 Å². The van der Waals surface area contributed by atoms with Crippen molar-refractivity contribution in [2.45, 2.75) is 90.3 Å². The molecule has 3 nitrogen and oxygen atoms in total. The number of hydrogen-bond acceptors (Lipinski definition) is 3. The number of Topliss-reactive ketones (excluding diaryl/α,β-unsaturated/α-hetero) is 1. The minimum atomic E-state index is -0.779. The number of hydrogen-bond donors (Lipinski definition) is 2. The zero-order valence-electron chi connectivity index (χ0n) is 15.6. The molecule has 0 aromatic heterocycles. The molecule has 4 aliphatic rings. The molecule has 4 aliphatic carbocycles. The summed E-state index contributed by atoms with van der Waals surface area (Å²) in [6.45, 7) is 6.79. The van der Waals surface area contributed by atoms with Gasteiger partial charge in [-0.15, -0.1) is 0 Å². The number of ketones is 1. The number of aliphatic hydroxyl groups is 2. The summed E-state index contributed by atoms with van der Waals surface area (Å²) in [5.74, 6) is 2.42. The van der Waals surface area contributed by atoms with E-state index >= 15 is 0 Å². The van der Waals surface area contributed by atoms with Gasteiger partial charge in [0.1, 0.15) is 5.78 Å². The summed E-state index contributed by atoms with van der Waals surface area (Å²) in [6, 6.07) is 0. The molecule has 24 heavy (non-hydrogen) atoms. The molecule has 0 aromatic rings. The van der Waals surface area contributed by atoms with Crippen LogP contribution < -0.4 is 0 Å². The highest BCUT2D eigenvalue weighted by Gasteiger charge is 2.65. The third-order valence-corrected chi connectivity index (χ3v) is 9.26. The van der Waals surface area contributed by atoms with E-state index in [1.807, 2.05) is 0 Å². The number of rotatable bonds is 1. The van der Waals surface area contributed by atoms with Gasteiger partial charge in [0.25, 0.3) is 0 Å². The first kappa shape index (κ1) is 17.0. The van der Waals surface area contributed by atoms with Crippen LogP contribution in [0.4, 0.5) is 0 Å². The lowest BCUT2D eigenvalue weighted by Crippen LogP contribution is -2.62. The number of carbonyl (C=O) groups excluding carboxylic acids is 1. The molecular formula is C21H34O3. The largest absolute Gasteiger partial charge is 0.392 e. The average Bonchev–Trinajstić information content (AvgIpc) is 2.80. The molecule has 4 fully saturated rings. The molecular weight excluding hydrogens is 300 g/mol. The Kier molecular flexibility index (Phi) is 3.76. The lowest BCUT2D eigenvalue weighted by molar-refractivity contribution is -0.205. The van der Waals surface area contributed by atoms with Crippen molar-refractivity contribution in [3.8, 4) is 0 Å². The van der Waals surface area contributed by atoms with Gasteiger partial charge in [0.05, 0.1) is 11.7 Å². The SMILES string of the molecule is CCC1C[C@H]2[C@@H]3CCC4(O)CC(=O)CC[C@]4(C)[C@@H]3CC[C@]2(C)C1O. The highest BCUT2D eigenvalue weighted by atomic mass is 16.3. The zero-order valence-corrected chi connectivity index (χ0v) is 15.6. The molecule has 0 saturated heterocycles. The van der Waals surface area contributed by atoms with Gasteiger partial charge in [-0.05, 0) is 67.6 Å². The molecule has 0 aromatic carbocycles. The highest BCUT2D eigenvalue weighted by molar-refractivity contribution is 5.80. The van der Waals surface area contributed by atoms with Crippen molar-refractivity contribution >= 4 is 5.78 Å². The predicted molar refractivity (Wildman–Crippen MR) is 93.4 cm³/mol. The fraction of sp³-hybridized carbons (Fsp3) is 0.952. The molecule has 0 spiro atoms. The highest BCUT2D eigenvalue weighted by Crippen LogP contribution is 2.67. The summed E-state index contributed by atoms with van der Waals surface area (Å²) < 4.78 is 0. The monoisotopic (exact) mass is 334 g/mol. The Morgan fingerprint density at radius 2 is 1.88 bits per heavy atom. The van der Waals surface area contributed by atoms with E-state index in [0.717, 1.165) is 44.9 Å². The Hall–Kier alpha value is -0.410. The first-order chi connectivity index (χ1) is 11.2. The molecule has 2 N–H and O–H groups in total. The third-order valence-electron chi connectivity index (χ3n) is 9.26. The van der Waals surface area contributed by atoms with E-state index in [0.29, 0.717) is 36.5 Å². The third kappa shape index (κ3) is 2.00. The van der Waals surface area contributed by atoms with Crippen LogP contribution in [0.5, 0.6) is 0 Å². The van der Waals surface area contributed by atoms with E-state index in [1.165, 1.54) is 0 Å². The Labute approximate surface area is 146 Å². The first-order valence-electron chi connectivity index (χ1n) is 10.2. The smallest absolute Gasteiger partial charge is 0.135 e. The summed E-state index contributed by atoms with van der Waals surface area (Å²) in [7, 11) is 0. The van der Waals surface area contributed by atoms with Gasteiger partial charge in [-0.2, -0.15) is 0 Å². The van der Waals surface area contributed by atoms with E-state index in [-0.39, 0.29) is 22.7 Å². The summed E-state index contributed by atoms with van der Waals surface area (Å²) in [5, 5.41) is 22.3. The summed E-state index contributed by atoms with van der Waals surface area (Å²) in [4.78, 5) is 12.0. The molecule has 0 amide bonds. The van der Waals surface area contributed by atoms with Crippen LogP contribution in [0.25, 0.3) is 0 Å².